The molecule has 0 radical (unpaired) electrons. The maximum Gasteiger partial charge on any atom is 0.310 e. The van der Waals surface area contributed by atoms with Crippen LogP contribution in [0.15, 0.2) is 30.3 Å². The monoisotopic (exact) mass is 383 g/mol. The van der Waals surface area contributed by atoms with E-state index in [1.165, 1.54) is 0 Å². The highest BCUT2D eigenvalue weighted by Crippen LogP contribution is 2.20. The van der Waals surface area contributed by atoms with Gasteiger partial charge in [-0.1, -0.05) is 12.1 Å². The number of aromatic nitrogens is 2. The smallest absolute Gasteiger partial charge is 0.310 e. The highest BCUT2D eigenvalue weighted by Gasteiger charge is 2.29. The van der Waals surface area contributed by atoms with E-state index in [2.05, 4.69) is 23.3 Å². The number of hydrogen-bond acceptors (Lipinski definition) is 4. The number of amides is 1. The molecule has 2 aromatic rings. The Bertz CT molecular complexity index is 826. The quantitative estimate of drug-likeness (QED) is 0.719. The van der Waals surface area contributed by atoms with Crippen molar-refractivity contribution in [2.24, 2.45) is 5.92 Å². The molecule has 1 saturated heterocycles. The first-order valence-corrected chi connectivity index (χ1v) is 10.0. The number of hydrogen-bond donors (Lipinski definition) is 0. The summed E-state index contributed by atoms with van der Waals surface area (Å²) in [6.07, 6.45) is 2.80. The van der Waals surface area contributed by atoms with Crippen LogP contribution in [0.3, 0.4) is 0 Å². The SMILES string of the molecule is CCOC(=O)C1CCCN(C(=O)CCc2ccc(-n3nc(C)cc3C)cc2)C1. The summed E-state index contributed by atoms with van der Waals surface area (Å²) in [6, 6.07) is 10.2. The van der Waals surface area contributed by atoms with Crippen LogP contribution >= 0.6 is 0 Å². The summed E-state index contributed by atoms with van der Waals surface area (Å²) >= 11 is 0. The molecule has 0 bridgehead atoms. The molecule has 6 nitrogen and oxygen atoms in total. The molecule has 150 valence electrons. The van der Waals surface area contributed by atoms with Gasteiger partial charge in [0.1, 0.15) is 0 Å². The second-order valence-corrected chi connectivity index (χ2v) is 7.44. The molecule has 1 aromatic heterocycles. The third-order valence-electron chi connectivity index (χ3n) is 5.21. The molecule has 1 fully saturated rings. The van der Waals surface area contributed by atoms with Crippen LogP contribution in [0.2, 0.25) is 0 Å². The number of esters is 1. The largest absolute Gasteiger partial charge is 0.466 e. The lowest BCUT2D eigenvalue weighted by Gasteiger charge is -2.31. The first-order valence-electron chi connectivity index (χ1n) is 10.0. The average Bonchev–Trinajstić information content (AvgIpc) is 3.05. The second kappa shape index (κ2) is 9.04. The van der Waals surface area contributed by atoms with Gasteiger partial charge in [-0.05, 0) is 63.8 Å². The average molecular weight is 383 g/mol. The van der Waals surface area contributed by atoms with Crippen LogP contribution in [0.4, 0.5) is 0 Å². The van der Waals surface area contributed by atoms with Crippen LogP contribution in [0.5, 0.6) is 0 Å². The van der Waals surface area contributed by atoms with Gasteiger partial charge in [-0.15, -0.1) is 0 Å². The normalized spacial score (nSPS) is 16.8. The van der Waals surface area contributed by atoms with Gasteiger partial charge < -0.3 is 9.64 Å². The minimum atomic E-state index is -0.183. The van der Waals surface area contributed by atoms with E-state index in [9.17, 15) is 9.59 Å². The van der Waals surface area contributed by atoms with Crippen LogP contribution in [0.25, 0.3) is 5.69 Å². The van der Waals surface area contributed by atoms with Crippen molar-refractivity contribution < 1.29 is 14.3 Å². The molecule has 0 saturated carbocycles. The van der Waals surface area contributed by atoms with Gasteiger partial charge in [0.05, 0.1) is 23.9 Å². The summed E-state index contributed by atoms with van der Waals surface area (Å²) in [5, 5.41) is 4.50. The van der Waals surface area contributed by atoms with Crippen molar-refractivity contribution in [3.8, 4) is 5.69 Å². The van der Waals surface area contributed by atoms with Crippen molar-refractivity contribution >= 4 is 11.9 Å². The maximum absolute atomic E-state index is 12.6. The number of carbonyl (C=O) groups is 2. The molecule has 1 aliphatic heterocycles. The van der Waals surface area contributed by atoms with E-state index in [4.69, 9.17) is 4.74 Å². The molecular weight excluding hydrogens is 354 g/mol. The zero-order valence-corrected chi connectivity index (χ0v) is 17.0. The van der Waals surface area contributed by atoms with Gasteiger partial charge in [0.25, 0.3) is 0 Å². The van der Waals surface area contributed by atoms with Gasteiger partial charge >= 0.3 is 5.97 Å². The molecule has 1 unspecified atom stereocenters. The third kappa shape index (κ3) is 4.80. The van der Waals surface area contributed by atoms with Crippen LogP contribution in [0, 0.1) is 19.8 Å². The number of nitrogens with zero attached hydrogens (tertiary/aromatic N) is 3. The Morgan fingerprint density at radius 3 is 2.61 bits per heavy atom. The maximum atomic E-state index is 12.6. The van der Waals surface area contributed by atoms with E-state index < -0.39 is 0 Å². The first kappa shape index (κ1) is 20.1. The summed E-state index contributed by atoms with van der Waals surface area (Å²) in [5.74, 6) is -0.255. The zero-order chi connectivity index (χ0) is 20.1. The molecule has 1 atom stereocenters. The summed E-state index contributed by atoms with van der Waals surface area (Å²) in [4.78, 5) is 26.4. The molecule has 0 aliphatic carbocycles. The lowest BCUT2D eigenvalue weighted by molar-refractivity contribution is -0.151. The van der Waals surface area contributed by atoms with Crippen molar-refractivity contribution in [2.75, 3.05) is 19.7 Å². The van der Waals surface area contributed by atoms with Gasteiger partial charge in [0.15, 0.2) is 0 Å². The summed E-state index contributed by atoms with van der Waals surface area (Å²) in [5.41, 5.74) is 4.24. The van der Waals surface area contributed by atoms with E-state index >= 15 is 0 Å². The van der Waals surface area contributed by atoms with Crippen LogP contribution in [0.1, 0.15) is 43.1 Å². The number of carbonyl (C=O) groups excluding carboxylic acids is 2. The Kier molecular flexibility index (Phi) is 6.49. The van der Waals surface area contributed by atoms with Crippen molar-refractivity contribution in [1.82, 2.24) is 14.7 Å². The van der Waals surface area contributed by atoms with Crippen molar-refractivity contribution in [2.45, 2.75) is 46.5 Å². The number of rotatable bonds is 6. The van der Waals surface area contributed by atoms with Gasteiger partial charge in [-0.2, -0.15) is 5.10 Å². The highest BCUT2D eigenvalue weighted by molar-refractivity contribution is 5.78. The summed E-state index contributed by atoms with van der Waals surface area (Å²) < 4.78 is 7.04. The minimum Gasteiger partial charge on any atom is -0.466 e. The summed E-state index contributed by atoms with van der Waals surface area (Å²) in [6.45, 7) is 7.42. The number of likely N-dealkylation sites (tertiary alicyclic amines) is 1. The van der Waals surface area contributed by atoms with Gasteiger partial charge in [-0.3, -0.25) is 9.59 Å². The molecule has 28 heavy (non-hydrogen) atoms. The van der Waals surface area contributed by atoms with Gasteiger partial charge in [-0.25, -0.2) is 4.68 Å². The highest BCUT2D eigenvalue weighted by atomic mass is 16.5. The lowest BCUT2D eigenvalue weighted by Crippen LogP contribution is -2.42. The van der Waals surface area contributed by atoms with E-state index in [-0.39, 0.29) is 17.8 Å². The topological polar surface area (TPSA) is 64.4 Å². The van der Waals surface area contributed by atoms with Crippen LogP contribution in [-0.2, 0) is 20.7 Å². The molecule has 1 amide bonds. The fourth-order valence-corrected chi connectivity index (χ4v) is 3.76. The fraction of sp³-hybridized carbons (Fsp3) is 0.500. The van der Waals surface area contributed by atoms with E-state index in [0.29, 0.717) is 26.0 Å². The predicted molar refractivity (Wildman–Crippen MR) is 107 cm³/mol. The first-order chi connectivity index (χ1) is 13.5. The number of piperidine rings is 1. The lowest BCUT2D eigenvalue weighted by atomic mass is 9.97. The summed E-state index contributed by atoms with van der Waals surface area (Å²) in [7, 11) is 0. The number of benzene rings is 1. The standard InChI is InChI=1S/C22H29N3O3/c1-4-28-22(27)19-6-5-13-24(15-19)21(26)12-9-18-7-10-20(11-8-18)25-17(3)14-16(2)23-25/h7-8,10-11,14,19H,4-6,9,12-13,15H2,1-3H3. The molecule has 1 aromatic carbocycles. The Balaban J connectivity index is 1.54. The number of aryl methyl sites for hydroxylation is 3. The van der Waals surface area contributed by atoms with Crippen molar-refractivity contribution in [3.63, 3.8) is 0 Å². The van der Waals surface area contributed by atoms with Crippen molar-refractivity contribution in [3.05, 3.63) is 47.3 Å². The molecule has 6 heteroatoms. The minimum absolute atomic E-state index is 0.108. The van der Waals surface area contributed by atoms with E-state index in [1.54, 1.807) is 0 Å². The van der Waals surface area contributed by atoms with Gasteiger partial charge in [0.2, 0.25) is 5.91 Å². The second-order valence-electron chi connectivity index (χ2n) is 7.44. The van der Waals surface area contributed by atoms with Crippen LogP contribution in [-0.4, -0.2) is 46.3 Å². The Hall–Kier alpha value is -2.63. The fourth-order valence-electron chi connectivity index (χ4n) is 3.76. The van der Waals surface area contributed by atoms with Crippen LogP contribution < -0.4 is 0 Å². The van der Waals surface area contributed by atoms with E-state index in [1.807, 2.05) is 42.5 Å². The molecule has 2 heterocycles. The predicted octanol–water partition coefficient (Wildman–Crippen LogP) is 3.22. The molecular formula is C22H29N3O3. The molecule has 0 N–H and O–H groups in total. The number of ether oxygens (including phenoxy) is 1. The third-order valence-corrected chi connectivity index (χ3v) is 5.21. The molecule has 0 spiro atoms. The van der Waals surface area contributed by atoms with Crippen molar-refractivity contribution in [1.29, 1.82) is 0 Å². The van der Waals surface area contributed by atoms with Gasteiger partial charge in [0, 0.05) is 25.2 Å². The zero-order valence-electron chi connectivity index (χ0n) is 17.0. The van der Waals surface area contributed by atoms with E-state index in [0.717, 1.165) is 42.0 Å². The molecule has 3 rings (SSSR count). The Morgan fingerprint density at radius 2 is 1.96 bits per heavy atom. The Morgan fingerprint density at radius 1 is 1.21 bits per heavy atom. The molecule has 1 aliphatic rings. The Labute approximate surface area is 166 Å².